The first-order chi connectivity index (χ1) is 19.7. The van der Waals surface area contributed by atoms with Crippen molar-refractivity contribution in [3.63, 3.8) is 0 Å². The predicted octanol–water partition coefficient (Wildman–Crippen LogP) is -0.305. The monoisotopic (exact) mass is 596 g/mol. The highest BCUT2D eigenvalue weighted by Gasteiger charge is 2.76. The van der Waals surface area contributed by atoms with Gasteiger partial charge in [-0.2, -0.15) is 0 Å². The molecule has 0 spiro atoms. The molecule has 12 heteroatoms. The van der Waals surface area contributed by atoms with Crippen molar-refractivity contribution in [1.82, 2.24) is 0 Å². The lowest BCUT2D eigenvalue weighted by molar-refractivity contribution is -0.322. The zero-order valence-corrected chi connectivity index (χ0v) is 24.3. The maximum atomic E-state index is 13.8. The number of hydrogen-bond donors (Lipinski definition) is 6. The molecule has 6 aliphatic rings. The summed E-state index contributed by atoms with van der Waals surface area (Å²) in [5.41, 5.74) is -4.37. The van der Waals surface area contributed by atoms with Gasteiger partial charge in [-0.1, -0.05) is 6.92 Å². The summed E-state index contributed by atoms with van der Waals surface area (Å²) >= 11 is 0. The van der Waals surface area contributed by atoms with E-state index in [4.69, 9.17) is 18.9 Å². The summed E-state index contributed by atoms with van der Waals surface area (Å²) in [5.74, 6) is -2.51. The van der Waals surface area contributed by atoms with Gasteiger partial charge in [-0.25, -0.2) is 4.79 Å². The van der Waals surface area contributed by atoms with E-state index in [1.165, 1.54) is 13.2 Å². The number of carbonyl (C=O) groups excluding carboxylic acids is 2. The Hall–Kier alpha value is -1.64. The number of ether oxygens (including phenoxy) is 4. The second-order valence-corrected chi connectivity index (χ2v) is 13.9. The summed E-state index contributed by atoms with van der Waals surface area (Å²) in [7, 11) is 1.26. The fourth-order valence-corrected chi connectivity index (χ4v) is 10.1. The molecule has 4 aliphatic carbocycles. The highest BCUT2D eigenvalue weighted by Crippen LogP contribution is 2.71. The summed E-state index contributed by atoms with van der Waals surface area (Å²) < 4.78 is 22.1. The molecule has 6 N–H and O–H groups in total. The van der Waals surface area contributed by atoms with Gasteiger partial charge in [-0.15, -0.1) is 0 Å². The average Bonchev–Trinajstić information content (AvgIpc) is 3.49. The first-order valence-corrected chi connectivity index (χ1v) is 15.2. The van der Waals surface area contributed by atoms with Crippen LogP contribution in [0.15, 0.2) is 11.6 Å². The Morgan fingerprint density at radius 3 is 2.40 bits per heavy atom. The van der Waals surface area contributed by atoms with Crippen LogP contribution in [-0.4, -0.2) is 110 Å². The van der Waals surface area contributed by atoms with E-state index in [1.54, 1.807) is 6.92 Å². The molecule has 4 saturated carbocycles. The maximum absolute atomic E-state index is 13.8. The van der Waals surface area contributed by atoms with Crippen LogP contribution in [0.3, 0.4) is 0 Å². The van der Waals surface area contributed by atoms with Crippen molar-refractivity contribution < 1.29 is 59.2 Å². The lowest BCUT2D eigenvalue weighted by atomic mass is 9.40. The minimum Gasteiger partial charge on any atom is -0.468 e. The lowest BCUT2D eigenvalue weighted by Crippen LogP contribution is -2.73. The minimum atomic E-state index is -1.65. The van der Waals surface area contributed by atoms with Crippen LogP contribution in [0.4, 0.5) is 0 Å². The first-order valence-electron chi connectivity index (χ1n) is 15.2. The molecule has 5 fully saturated rings. The van der Waals surface area contributed by atoms with Gasteiger partial charge in [0.15, 0.2) is 6.29 Å². The smallest absolute Gasteiger partial charge is 0.331 e. The molecule has 0 amide bonds. The number of aliphatic hydroxyl groups is 6. The average molecular weight is 597 g/mol. The van der Waals surface area contributed by atoms with E-state index < -0.39 is 88.7 Å². The Balaban J connectivity index is 1.30. The molecule has 42 heavy (non-hydrogen) atoms. The number of cyclic esters (lactones) is 1. The number of hydrogen-bond acceptors (Lipinski definition) is 12. The van der Waals surface area contributed by atoms with E-state index in [0.717, 1.165) is 5.57 Å². The standard InChI is InChI=1S/C30H44O12/c1-14-22(33)23(34)24(35)25(41-14)42-16-4-8-29(26(36)39-3)21-18(5-7-28(29,37)11-16)30(38)9-6-17(15-10-20(32)40-13-15)27(30,2)12-19(21)31/h10,14,16-19,21-25,31,33-35,37-38H,4-9,11-13H2,1-3H3/t14-,16-,17+,18+,19+,21+,22+,23+,24+,25-,27+,28-,29+,30-/m0/s1. The SMILES string of the molecule is COC(=O)[C@]12CC[C@H](O[C@@H]3O[C@@H](C)[C@@H](O)[C@@H](O)[C@H]3O)C[C@@]1(O)CC[C@@H]1[C@@H]2[C@H](O)C[C@]2(C)[C@@H](C3=CC(=O)OC3)CC[C@]12O. The Bertz CT molecular complexity index is 1140. The van der Waals surface area contributed by atoms with E-state index in [2.05, 4.69) is 0 Å². The number of carbonyl (C=O) groups is 2. The van der Waals surface area contributed by atoms with Gasteiger partial charge in [-0.3, -0.25) is 4.79 Å². The van der Waals surface area contributed by atoms with E-state index in [1.807, 2.05) is 6.92 Å². The van der Waals surface area contributed by atoms with E-state index in [0.29, 0.717) is 19.3 Å². The summed E-state index contributed by atoms with van der Waals surface area (Å²) in [6.45, 7) is 3.67. The molecule has 12 nitrogen and oxygen atoms in total. The van der Waals surface area contributed by atoms with Gasteiger partial charge >= 0.3 is 11.9 Å². The lowest BCUT2D eigenvalue weighted by Gasteiger charge is -2.66. The second kappa shape index (κ2) is 10.2. The zero-order chi connectivity index (χ0) is 30.4. The van der Waals surface area contributed by atoms with Crippen molar-refractivity contribution in [2.24, 2.45) is 28.6 Å². The van der Waals surface area contributed by atoms with Gasteiger partial charge in [0.1, 0.15) is 30.3 Å². The summed E-state index contributed by atoms with van der Waals surface area (Å²) in [6.07, 6.45) is -4.44. The fourth-order valence-electron chi connectivity index (χ4n) is 10.1. The minimum absolute atomic E-state index is 0.0116. The van der Waals surface area contributed by atoms with Crippen molar-refractivity contribution in [2.75, 3.05) is 13.7 Å². The quantitative estimate of drug-likeness (QED) is 0.184. The highest BCUT2D eigenvalue weighted by molar-refractivity contribution is 5.85. The van der Waals surface area contributed by atoms with Gasteiger partial charge in [-0.05, 0) is 69.3 Å². The largest absolute Gasteiger partial charge is 0.468 e. The molecule has 236 valence electrons. The topological polar surface area (TPSA) is 192 Å². The Labute approximate surface area is 244 Å². The summed E-state index contributed by atoms with van der Waals surface area (Å²) in [4.78, 5) is 25.6. The van der Waals surface area contributed by atoms with Gasteiger partial charge in [0.25, 0.3) is 0 Å². The summed E-state index contributed by atoms with van der Waals surface area (Å²) in [5, 5.41) is 67.4. The van der Waals surface area contributed by atoms with Crippen LogP contribution in [0.25, 0.3) is 0 Å². The molecule has 2 aliphatic heterocycles. The molecule has 0 radical (unpaired) electrons. The molecular formula is C30H44O12. The molecule has 0 bridgehead atoms. The Morgan fingerprint density at radius 2 is 1.74 bits per heavy atom. The molecule has 2 heterocycles. The van der Waals surface area contributed by atoms with E-state index in [-0.39, 0.29) is 44.6 Å². The van der Waals surface area contributed by atoms with Crippen LogP contribution in [0, 0.1) is 28.6 Å². The molecule has 14 atom stereocenters. The van der Waals surface area contributed by atoms with Crippen molar-refractivity contribution in [1.29, 1.82) is 0 Å². The van der Waals surface area contributed by atoms with Crippen LogP contribution < -0.4 is 0 Å². The van der Waals surface area contributed by atoms with E-state index >= 15 is 0 Å². The van der Waals surface area contributed by atoms with Crippen molar-refractivity contribution in [3.8, 4) is 0 Å². The third-order valence-electron chi connectivity index (χ3n) is 12.2. The third kappa shape index (κ3) is 4.02. The molecule has 0 aromatic carbocycles. The fraction of sp³-hybridized carbons (Fsp3) is 0.867. The molecule has 1 saturated heterocycles. The van der Waals surface area contributed by atoms with Gasteiger partial charge in [0.05, 0.1) is 36.6 Å². The highest BCUT2D eigenvalue weighted by atomic mass is 16.7. The Morgan fingerprint density at radius 1 is 1.00 bits per heavy atom. The van der Waals surface area contributed by atoms with Gasteiger partial charge in [0.2, 0.25) is 0 Å². The van der Waals surface area contributed by atoms with Gasteiger partial charge in [0, 0.05) is 23.8 Å². The first kappa shape index (κ1) is 30.4. The molecule has 0 aromatic rings. The number of aliphatic hydroxyl groups excluding tert-OH is 4. The number of rotatable bonds is 4. The normalized spacial score (nSPS) is 53.8. The van der Waals surface area contributed by atoms with Crippen molar-refractivity contribution >= 4 is 11.9 Å². The van der Waals surface area contributed by atoms with Crippen LogP contribution in [0.1, 0.15) is 65.2 Å². The zero-order valence-electron chi connectivity index (χ0n) is 24.3. The van der Waals surface area contributed by atoms with Crippen molar-refractivity contribution in [3.05, 3.63) is 11.6 Å². The molecular weight excluding hydrogens is 552 g/mol. The van der Waals surface area contributed by atoms with Gasteiger partial charge < -0.3 is 49.6 Å². The molecule has 0 aromatic heterocycles. The van der Waals surface area contributed by atoms with Crippen LogP contribution in [0.5, 0.6) is 0 Å². The summed E-state index contributed by atoms with van der Waals surface area (Å²) in [6, 6.07) is 0. The third-order valence-corrected chi connectivity index (χ3v) is 12.2. The molecule has 0 unspecified atom stereocenters. The van der Waals surface area contributed by atoms with Crippen LogP contribution >= 0.6 is 0 Å². The van der Waals surface area contributed by atoms with Crippen LogP contribution in [0.2, 0.25) is 0 Å². The number of methoxy groups -OCH3 is 1. The Kier molecular flexibility index (Phi) is 7.38. The number of esters is 2. The van der Waals surface area contributed by atoms with Crippen LogP contribution in [-0.2, 0) is 28.5 Å². The van der Waals surface area contributed by atoms with Crippen molar-refractivity contribution in [2.45, 2.75) is 119 Å². The predicted molar refractivity (Wildman–Crippen MR) is 142 cm³/mol. The number of fused-ring (bicyclic) bond motifs is 5. The van der Waals surface area contributed by atoms with E-state index in [9.17, 15) is 40.2 Å². The molecule has 6 rings (SSSR count). The second-order valence-electron chi connectivity index (χ2n) is 13.9. The maximum Gasteiger partial charge on any atom is 0.331 e.